The largest absolute Gasteiger partial charge is 0.506 e. The zero-order valence-corrected chi connectivity index (χ0v) is 32.3. The van der Waals surface area contributed by atoms with Crippen molar-refractivity contribution in [3.05, 3.63) is 113 Å². The monoisotopic (exact) mass is 880 g/mol. The van der Waals surface area contributed by atoms with Gasteiger partial charge in [0.05, 0.1) is 24.5 Å². The second kappa shape index (κ2) is 14.6. The number of ether oxygens (including phenoxy) is 4. The maximum Gasteiger partial charge on any atom is 0.147 e. The smallest absolute Gasteiger partial charge is 0.147 e. The quantitative estimate of drug-likeness (QED) is 0.130. The molecule has 4 aromatic rings. The Kier molecular flexibility index (Phi) is 11.2. The third-order valence-corrected chi connectivity index (χ3v) is 10.7. The average molecular weight is 884 g/mol. The standard InChI is InChI=1S/C36H36Br4O6/c1-35(2,22-7-11-27(12-8-22)44-19-28-20-45-28)21-5-9-26(10-6-21)43-17-25(41)18-46-34-31(39)15-24(16-32(34)40)36(3,4)23-13-29(37)33(42)30(38)14-23/h5-16,25,28,41-42H,17-20H2,1-4H3. The summed E-state index contributed by atoms with van der Waals surface area (Å²) in [6.45, 7) is 10.1. The number of halogens is 4. The number of aliphatic hydroxyl groups is 1. The molecule has 0 radical (unpaired) electrons. The molecule has 0 saturated carbocycles. The summed E-state index contributed by atoms with van der Waals surface area (Å²) in [6.07, 6.45) is -0.611. The van der Waals surface area contributed by atoms with Gasteiger partial charge in [-0.15, -0.1) is 0 Å². The van der Waals surface area contributed by atoms with E-state index in [1.165, 1.54) is 5.56 Å². The molecule has 0 spiro atoms. The molecule has 2 N–H and O–H groups in total. The molecule has 2 atom stereocenters. The van der Waals surface area contributed by atoms with E-state index >= 15 is 0 Å². The summed E-state index contributed by atoms with van der Waals surface area (Å²) in [5.74, 6) is 2.27. The van der Waals surface area contributed by atoms with Crippen LogP contribution in [-0.4, -0.2) is 48.8 Å². The van der Waals surface area contributed by atoms with Gasteiger partial charge in [-0.25, -0.2) is 0 Å². The minimum atomic E-state index is -0.843. The van der Waals surface area contributed by atoms with Crippen LogP contribution in [0, 0.1) is 0 Å². The van der Waals surface area contributed by atoms with Crippen molar-refractivity contribution < 1.29 is 29.2 Å². The Balaban J connectivity index is 1.15. The molecule has 1 saturated heterocycles. The first-order chi connectivity index (χ1) is 21.8. The number of phenols is 1. The van der Waals surface area contributed by atoms with Crippen molar-refractivity contribution in [1.82, 2.24) is 0 Å². The van der Waals surface area contributed by atoms with Gasteiger partial charge in [-0.2, -0.15) is 0 Å². The molecule has 5 rings (SSSR count). The first-order valence-corrected chi connectivity index (χ1v) is 18.0. The first-order valence-electron chi connectivity index (χ1n) is 14.8. The Morgan fingerprint density at radius 3 is 1.57 bits per heavy atom. The van der Waals surface area contributed by atoms with E-state index in [1.807, 2.05) is 48.5 Å². The SMILES string of the molecule is CC(C)(c1ccc(OCC(O)COc2c(Br)cc(C(C)(C)c3cc(Br)c(O)c(Br)c3)cc2Br)cc1)c1ccc(OCC2CO2)cc1. The number of benzene rings is 4. The number of aliphatic hydroxyl groups excluding tert-OH is 1. The molecule has 1 aliphatic rings. The highest BCUT2D eigenvalue weighted by Crippen LogP contribution is 2.44. The lowest BCUT2D eigenvalue weighted by molar-refractivity contribution is 0.0621. The maximum atomic E-state index is 10.7. The normalized spacial score (nSPS) is 15.4. The summed E-state index contributed by atoms with van der Waals surface area (Å²) in [7, 11) is 0. The highest BCUT2D eigenvalue weighted by atomic mass is 79.9. The van der Waals surface area contributed by atoms with E-state index in [0.29, 0.717) is 27.1 Å². The summed E-state index contributed by atoms with van der Waals surface area (Å²) < 4.78 is 25.6. The number of hydrogen-bond acceptors (Lipinski definition) is 6. The van der Waals surface area contributed by atoms with Crippen LogP contribution < -0.4 is 14.2 Å². The molecular weight excluding hydrogens is 848 g/mol. The Morgan fingerprint density at radius 2 is 1.09 bits per heavy atom. The lowest BCUT2D eigenvalue weighted by Gasteiger charge is -2.28. The van der Waals surface area contributed by atoms with Crippen molar-refractivity contribution in [3.63, 3.8) is 0 Å². The summed E-state index contributed by atoms with van der Waals surface area (Å²) in [5.41, 5.74) is 3.78. The lowest BCUT2D eigenvalue weighted by atomic mass is 9.78. The van der Waals surface area contributed by atoms with E-state index in [2.05, 4.69) is 116 Å². The van der Waals surface area contributed by atoms with Crippen molar-refractivity contribution in [2.45, 2.75) is 50.7 Å². The van der Waals surface area contributed by atoms with Gasteiger partial charge in [0.2, 0.25) is 0 Å². The van der Waals surface area contributed by atoms with E-state index in [4.69, 9.17) is 18.9 Å². The van der Waals surface area contributed by atoms with Gasteiger partial charge in [0.1, 0.15) is 55.0 Å². The predicted octanol–water partition coefficient (Wildman–Crippen LogP) is 9.69. The Bertz CT molecular complexity index is 1620. The molecule has 1 aliphatic heterocycles. The molecule has 244 valence electrons. The number of rotatable bonds is 13. The van der Waals surface area contributed by atoms with Gasteiger partial charge < -0.3 is 29.2 Å². The highest BCUT2D eigenvalue weighted by Gasteiger charge is 2.28. The molecule has 1 heterocycles. The zero-order chi connectivity index (χ0) is 33.2. The number of epoxide rings is 1. The molecule has 0 amide bonds. The van der Waals surface area contributed by atoms with Crippen molar-refractivity contribution in [2.75, 3.05) is 26.4 Å². The maximum absolute atomic E-state index is 10.7. The predicted molar refractivity (Wildman–Crippen MR) is 195 cm³/mol. The van der Waals surface area contributed by atoms with Gasteiger partial charge in [-0.05, 0) is 135 Å². The van der Waals surface area contributed by atoms with Crippen molar-refractivity contribution in [3.8, 4) is 23.0 Å². The molecule has 0 aliphatic carbocycles. The highest BCUT2D eigenvalue weighted by molar-refractivity contribution is 9.11. The Morgan fingerprint density at radius 1 is 0.674 bits per heavy atom. The van der Waals surface area contributed by atoms with Crippen molar-refractivity contribution in [2.24, 2.45) is 0 Å². The van der Waals surface area contributed by atoms with Gasteiger partial charge in [0.25, 0.3) is 0 Å². The molecular formula is C36H36Br4O6. The first kappa shape index (κ1) is 35.2. The molecule has 2 unspecified atom stereocenters. The zero-order valence-electron chi connectivity index (χ0n) is 26.0. The minimum Gasteiger partial charge on any atom is -0.506 e. The Hall–Kier alpha value is -2.08. The van der Waals surface area contributed by atoms with Gasteiger partial charge in [0.15, 0.2) is 0 Å². The van der Waals surface area contributed by atoms with Crippen molar-refractivity contribution in [1.29, 1.82) is 0 Å². The number of aromatic hydroxyl groups is 1. The van der Waals surface area contributed by atoms with Crippen molar-refractivity contribution >= 4 is 63.7 Å². The molecule has 1 fully saturated rings. The van der Waals surface area contributed by atoms with E-state index in [9.17, 15) is 10.2 Å². The van der Waals surface area contributed by atoms with Crippen LogP contribution in [0.1, 0.15) is 49.9 Å². The lowest BCUT2D eigenvalue weighted by Crippen LogP contribution is -2.25. The summed E-state index contributed by atoms with van der Waals surface area (Å²) in [6, 6.07) is 24.0. The molecule has 46 heavy (non-hydrogen) atoms. The average Bonchev–Trinajstić information content (AvgIpc) is 3.86. The minimum absolute atomic E-state index is 0.0519. The Labute approximate surface area is 303 Å². The molecule has 10 heteroatoms. The summed E-state index contributed by atoms with van der Waals surface area (Å²) in [5, 5.41) is 20.8. The number of hydrogen-bond donors (Lipinski definition) is 2. The second-order valence-corrected chi connectivity index (χ2v) is 15.8. The topological polar surface area (TPSA) is 80.7 Å². The van der Waals surface area contributed by atoms with Crippen LogP contribution in [0.4, 0.5) is 0 Å². The van der Waals surface area contributed by atoms with Crippen LogP contribution in [0.25, 0.3) is 0 Å². The van der Waals surface area contributed by atoms with Crippen LogP contribution in [0.3, 0.4) is 0 Å². The van der Waals surface area contributed by atoms with E-state index in [0.717, 1.165) is 38.0 Å². The molecule has 6 nitrogen and oxygen atoms in total. The van der Waals surface area contributed by atoms with Gasteiger partial charge >= 0.3 is 0 Å². The van der Waals surface area contributed by atoms with Crippen LogP contribution in [0.15, 0.2) is 90.7 Å². The fourth-order valence-corrected chi connectivity index (χ4v) is 7.63. The second-order valence-electron chi connectivity index (χ2n) is 12.4. The van der Waals surface area contributed by atoms with Crippen LogP contribution in [0.5, 0.6) is 23.0 Å². The van der Waals surface area contributed by atoms with E-state index in [1.54, 1.807) is 0 Å². The van der Waals surface area contributed by atoms with E-state index < -0.39 is 6.10 Å². The van der Waals surface area contributed by atoms with Gasteiger partial charge in [-0.3, -0.25) is 0 Å². The number of phenolic OH excluding ortho intramolecular Hbond substituents is 1. The third kappa shape index (κ3) is 8.31. The molecule has 0 aromatic heterocycles. The third-order valence-electron chi connectivity index (χ3n) is 8.31. The van der Waals surface area contributed by atoms with Gasteiger partial charge in [0, 0.05) is 10.8 Å². The molecule has 0 bridgehead atoms. The fraction of sp³-hybridized carbons (Fsp3) is 0.333. The van der Waals surface area contributed by atoms with Crippen LogP contribution in [-0.2, 0) is 15.6 Å². The van der Waals surface area contributed by atoms with E-state index in [-0.39, 0.29) is 35.9 Å². The summed E-state index contributed by atoms with van der Waals surface area (Å²) >= 11 is 14.2. The summed E-state index contributed by atoms with van der Waals surface area (Å²) in [4.78, 5) is 0. The molecule has 4 aromatic carbocycles. The fourth-order valence-electron chi connectivity index (χ4n) is 5.03. The van der Waals surface area contributed by atoms with Crippen LogP contribution >= 0.6 is 63.7 Å². The van der Waals surface area contributed by atoms with Gasteiger partial charge in [-0.1, -0.05) is 52.0 Å². The van der Waals surface area contributed by atoms with Crippen LogP contribution in [0.2, 0.25) is 0 Å².